The molecule has 0 spiro atoms. The van der Waals surface area contributed by atoms with E-state index < -0.39 is 24.5 Å². The molecule has 3 heterocycles. The van der Waals surface area contributed by atoms with Gasteiger partial charge in [0.15, 0.2) is 0 Å². The number of amides is 4. The molecule has 1 fully saturated rings. The highest BCUT2D eigenvalue weighted by Gasteiger charge is 2.38. The molecule has 2 aromatic rings. The molecule has 0 bridgehead atoms. The van der Waals surface area contributed by atoms with Crippen molar-refractivity contribution in [3.63, 3.8) is 0 Å². The number of rotatable bonds is 30. The SMILES string of the molecule is O=C[C@@H](CCCCNC(=O)COC1CCCCCC2=C1NNN2[C@@H]1C[C@@H](O)C[C@@H](CO)O1)NC(=O)CCOCCOCCOCCOCCNC(=O)CCC(=O)N1Cc2ccccc2C#Cc2ccccc21. The lowest BCUT2D eigenvalue weighted by atomic mass is 9.98. The van der Waals surface area contributed by atoms with Crippen molar-refractivity contribution in [1.29, 1.82) is 0 Å². The summed E-state index contributed by atoms with van der Waals surface area (Å²) in [6.45, 7) is 3.30. The molecule has 5 atom stereocenters. The van der Waals surface area contributed by atoms with E-state index in [2.05, 4.69) is 38.8 Å². The van der Waals surface area contributed by atoms with Gasteiger partial charge in [0.2, 0.25) is 23.6 Å². The molecule has 0 aromatic heterocycles. The van der Waals surface area contributed by atoms with Crippen molar-refractivity contribution < 1.29 is 62.6 Å². The van der Waals surface area contributed by atoms with Crippen LogP contribution in [0.1, 0.15) is 100 Å². The zero-order chi connectivity index (χ0) is 50.8. The van der Waals surface area contributed by atoms with E-state index in [4.69, 9.17) is 28.4 Å². The fourth-order valence-corrected chi connectivity index (χ4v) is 8.75. The molecule has 72 heavy (non-hydrogen) atoms. The summed E-state index contributed by atoms with van der Waals surface area (Å²) in [4.78, 5) is 64.3. The first-order valence-corrected chi connectivity index (χ1v) is 25.4. The second kappa shape index (κ2) is 31.2. The van der Waals surface area contributed by atoms with Crippen LogP contribution in [0, 0.1) is 11.8 Å². The topological polar surface area (TPSA) is 248 Å². The first kappa shape index (κ1) is 55.8. The van der Waals surface area contributed by atoms with E-state index in [0.717, 1.165) is 65.9 Å². The largest absolute Gasteiger partial charge is 0.394 e. The van der Waals surface area contributed by atoms with Gasteiger partial charge >= 0.3 is 0 Å². The summed E-state index contributed by atoms with van der Waals surface area (Å²) in [5.41, 5.74) is 11.5. The Morgan fingerprint density at radius 2 is 1.50 bits per heavy atom. The Bertz CT molecular complexity index is 2150. The molecule has 1 aliphatic carbocycles. The molecule has 6 rings (SSSR count). The van der Waals surface area contributed by atoms with E-state index >= 15 is 0 Å². The molecular formula is C52H73N7O13. The minimum absolute atomic E-state index is 0.0568. The number of hydrogen-bond acceptors (Lipinski definition) is 16. The number of carbonyl (C=O) groups is 5. The number of aliphatic hydroxyl groups excluding tert-OH is 2. The van der Waals surface area contributed by atoms with Gasteiger partial charge in [0.1, 0.15) is 25.2 Å². The van der Waals surface area contributed by atoms with E-state index in [9.17, 15) is 34.2 Å². The number of aldehydes is 1. The molecule has 1 unspecified atom stereocenters. The van der Waals surface area contributed by atoms with Gasteiger partial charge < -0.3 is 69.7 Å². The van der Waals surface area contributed by atoms with Crippen LogP contribution < -0.4 is 31.8 Å². The summed E-state index contributed by atoms with van der Waals surface area (Å²) in [6, 6.07) is 14.7. The Labute approximate surface area is 422 Å². The average molecular weight is 1000 g/mol. The molecule has 3 aliphatic heterocycles. The summed E-state index contributed by atoms with van der Waals surface area (Å²) >= 11 is 0. The minimum atomic E-state index is -0.638. The van der Waals surface area contributed by atoms with Crippen LogP contribution in [0.15, 0.2) is 59.9 Å². The molecule has 2 aromatic carbocycles. The highest BCUT2D eigenvalue weighted by molar-refractivity contribution is 5.97. The lowest BCUT2D eigenvalue weighted by molar-refractivity contribution is -0.171. The fraction of sp³-hybridized carbons (Fsp3) is 0.596. The number of hydrogen-bond donors (Lipinski definition) is 7. The number of hydrazine groups is 2. The number of para-hydroxylation sites is 1. The first-order valence-electron chi connectivity index (χ1n) is 25.4. The molecule has 0 saturated carbocycles. The van der Waals surface area contributed by atoms with Crippen LogP contribution in [0.25, 0.3) is 0 Å². The molecule has 20 heteroatoms. The quantitative estimate of drug-likeness (QED) is 0.0336. The van der Waals surface area contributed by atoms with Gasteiger partial charge in [-0.1, -0.05) is 55.0 Å². The van der Waals surface area contributed by atoms with Crippen LogP contribution in [0.4, 0.5) is 5.69 Å². The Balaban J connectivity index is 0.712. The average Bonchev–Trinajstić information content (AvgIpc) is 3.79. The number of ether oxygens (including phenoxy) is 6. The van der Waals surface area contributed by atoms with Crippen LogP contribution in [0.2, 0.25) is 0 Å². The number of nitrogens with one attached hydrogen (secondary N) is 5. The van der Waals surface area contributed by atoms with E-state index in [-0.39, 0.29) is 68.8 Å². The smallest absolute Gasteiger partial charge is 0.246 e. The van der Waals surface area contributed by atoms with E-state index in [1.54, 1.807) is 4.90 Å². The zero-order valence-corrected chi connectivity index (χ0v) is 41.2. The maximum atomic E-state index is 13.3. The fourth-order valence-electron chi connectivity index (χ4n) is 8.75. The molecule has 394 valence electrons. The molecular weight excluding hydrogens is 931 g/mol. The van der Waals surface area contributed by atoms with Crippen molar-refractivity contribution >= 4 is 35.6 Å². The Kier molecular flexibility index (Phi) is 24.2. The van der Waals surface area contributed by atoms with Crippen molar-refractivity contribution in [2.45, 2.75) is 121 Å². The van der Waals surface area contributed by atoms with Gasteiger partial charge in [0.25, 0.3) is 0 Å². The van der Waals surface area contributed by atoms with Crippen LogP contribution in [0.3, 0.4) is 0 Å². The third-order valence-electron chi connectivity index (χ3n) is 12.6. The number of carbonyl (C=O) groups excluding carboxylic acids is 5. The van der Waals surface area contributed by atoms with Crippen molar-refractivity contribution in [1.82, 2.24) is 31.9 Å². The number of allylic oxidation sites excluding steroid dienone is 1. The predicted molar refractivity (Wildman–Crippen MR) is 264 cm³/mol. The second-order valence-electron chi connectivity index (χ2n) is 18.0. The maximum Gasteiger partial charge on any atom is 0.246 e. The van der Waals surface area contributed by atoms with Crippen molar-refractivity contribution in [2.75, 3.05) is 84.1 Å². The van der Waals surface area contributed by atoms with Crippen molar-refractivity contribution in [2.24, 2.45) is 0 Å². The number of anilines is 1. The van der Waals surface area contributed by atoms with Crippen molar-refractivity contribution in [3.05, 3.63) is 76.6 Å². The number of aliphatic hydroxyl groups is 2. The Morgan fingerprint density at radius 1 is 0.792 bits per heavy atom. The molecule has 1 saturated heterocycles. The van der Waals surface area contributed by atoms with Crippen LogP contribution in [-0.4, -0.2) is 155 Å². The normalized spacial score (nSPS) is 19.9. The summed E-state index contributed by atoms with van der Waals surface area (Å²) in [5, 5.41) is 30.3. The number of benzene rings is 2. The number of fused-ring (bicyclic) bond motifs is 2. The Hall–Kier alpha value is -5.47. The van der Waals surface area contributed by atoms with Gasteiger partial charge in [-0.3, -0.25) is 24.2 Å². The third-order valence-corrected chi connectivity index (χ3v) is 12.6. The van der Waals surface area contributed by atoms with E-state index in [1.165, 1.54) is 0 Å². The third kappa shape index (κ3) is 18.5. The van der Waals surface area contributed by atoms with Gasteiger partial charge in [-0.2, -0.15) is 0 Å². The van der Waals surface area contributed by atoms with Crippen LogP contribution in [0.5, 0.6) is 0 Å². The molecule has 4 amide bonds. The maximum absolute atomic E-state index is 13.3. The van der Waals surface area contributed by atoms with Gasteiger partial charge in [0, 0.05) is 56.3 Å². The van der Waals surface area contributed by atoms with Crippen LogP contribution >= 0.6 is 0 Å². The molecule has 4 aliphatic rings. The van der Waals surface area contributed by atoms with Crippen molar-refractivity contribution in [3.8, 4) is 11.8 Å². The first-order chi connectivity index (χ1) is 35.2. The summed E-state index contributed by atoms with van der Waals surface area (Å²) in [7, 11) is 0. The molecule has 7 N–H and O–H groups in total. The predicted octanol–water partition coefficient (Wildman–Crippen LogP) is 2.00. The van der Waals surface area contributed by atoms with Crippen LogP contribution in [-0.2, 0) is 58.9 Å². The number of unbranched alkanes of at least 4 members (excludes halogenated alkanes) is 1. The molecule has 20 nitrogen and oxygen atoms in total. The number of nitrogens with zero attached hydrogens (tertiary/aromatic N) is 2. The zero-order valence-electron chi connectivity index (χ0n) is 41.2. The van der Waals surface area contributed by atoms with E-state index in [1.807, 2.05) is 53.5 Å². The summed E-state index contributed by atoms with van der Waals surface area (Å²) in [6.07, 6.45) is 6.04. The monoisotopic (exact) mass is 1000 g/mol. The lowest BCUT2D eigenvalue weighted by Crippen LogP contribution is -2.52. The van der Waals surface area contributed by atoms with Gasteiger partial charge in [0.05, 0.1) is 101 Å². The minimum Gasteiger partial charge on any atom is -0.394 e. The highest BCUT2D eigenvalue weighted by Crippen LogP contribution is 2.33. The highest BCUT2D eigenvalue weighted by atomic mass is 16.6. The molecule has 0 radical (unpaired) electrons. The summed E-state index contributed by atoms with van der Waals surface area (Å²) < 4.78 is 34.2. The van der Waals surface area contributed by atoms with E-state index in [0.29, 0.717) is 104 Å². The standard InChI is InChI=1S/C52H73N7O13/c60-35-41(13-8-9-22-53-49(65)37-71-46-16-3-1-2-15-45-52(46)56-57-59(45)51-33-42(62)32-43(36-61)72-51)55-48(64)21-24-67-26-28-69-30-31-70-29-27-68-25-23-54-47(63)19-20-50(66)58-34-40-12-5-4-10-38(40)17-18-39-11-6-7-14-44(39)58/h4-7,10-12,14,35,41-43,46,51,56-57,61-62H,1-3,8-9,13,15-16,19-34,36-37H2,(H,53,65)(H,54,63)(H,55,64)/t41-,42+,43+,46?,51+/m1/s1. The van der Waals surface area contributed by atoms with Gasteiger partial charge in [-0.15, -0.1) is 5.53 Å². The Morgan fingerprint density at radius 3 is 2.28 bits per heavy atom. The lowest BCUT2D eigenvalue weighted by Gasteiger charge is -2.38. The summed E-state index contributed by atoms with van der Waals surface area (Å²) in [5.74, 6) is 5.47. The van der Waals surface area contributed by atoms with Gasteiger partial charge in [-0.05, 0) is 62.3 Å². The second-order valence-corrected chi connectivity index (χ2v) is 18.0. The van der Waals surface area contributed by atoms with Gasteiger partial charge in [-0.25, -0.2) is 0 Å².